The molecule has 2 nitrogen and oxygen atoms in total. The SMILES string of the molecule is Cc1cccc(C)c1C1C(N)CCN1CC(C)C. The molecule has 0 amide bonds. The van der Waals surface area contributed by atoms with Crippen LogP contribution in [0.25, 0.3) is 0 Å². The summed E-state index contributed by atoms with van der Waals surface area (Å²) >= 11 is 0. The van der Waals surface area contributed by atoms with E-state index in [0.717, 1.165) is 19.5 Å². The lowest BCUT2D eigenvalue weighted by Gasteiger charge is -2.30. The van der Waals surface area contributed by atoms with Gasteiger partial charge in [0.25, 0.3) is 0 Å². The number of likely N-dealkylation sites (tertiary alicyclic amines) is 1. The Hall–Kier alpha value is -0.860. The van der Waals surface area contributed by atoms with Crippen LogP contribution in [0.15, 0.2) is 18.2 Å². The maximum absolute atomic E-state index is 6.37. The minimum atomic E-state index is 0.281. The molecule has 0 bridgehead atoms. The Morgan fingerprint density at radius 3 is 2.44 bits per heavy atom. The number of rotatable bonds is 3. The Balaban J connectivity index is 2.34. The average Bonchev–Trinajstić information content (AvgIpc) is 2.60. The first-order chi connectivity index (χ1) is 8.50. The monoisotopic (exact) mass is 246 g/mol. The van der Waals surface area contributed by atoms with Crippen molar-refractivity contribution in [1.29, 1.82) is 0 Å². The van der Waals surface area contributed by atoms with Crippen LogP contribution in [0.5, 0.6) is 0 Å². The first-order valence-electron chi connectivity index (χ1n) is 7.06. The second kappa shape index (κ2) is 5.41. The highest BCUT2D eigenvalue weighted by molar-refractivity contribution is 5.37. The first kappa shape index (κ1) is 13.6. The summed E-state index contributed by atoms with van der Waals surface area (Å²) in [7, 11) is 0. The van der Waals surface area contributed by atoms with Crippen molar-refractivity contribution in [3.63, 3.8) is 0 Å². The largest absolute Gasteiger partial charge is 0.326 e. The third-order valence-corrected chi connectivity index (χ3v) is 3.99. The lowest BCUT2D eigenvalue weighted by molar-refractivity contribution is 0.220. The van der Waals surface area contributed by atoms with Gasteiger partial charge in [-0.1, -0.05) is 32.0 Å². The van der Waals surface area contributed by atoms with Crippen molar-refractivity contribution < 1.29 is 0 Å². The van der Waals surface area contributed by atoms with Crippen LogP contribution in [0.4, 0.5) is 0 Å². The Labute approximate surface area is 111 Å². The number of hydrogen-bond donors (Lipinski definition) is 1. The molecule has 100 valence electrons. The van der Waals surface area contributed by atoms with E-state index in [1.165, 1.54) is 16.7 Å². The number of hydrogen-bond acceptors (Lipinski definition) is 2. The second-order valence-corrected chi connectivity index (χ2v) is 6.09. The molecular weight excluding hydrogens is 220 g/mol. The van der Waals surface area contributed by atoms with Gasteiger partial charge in [-0.15, -0.1) is 0 Å². The van der Waals surface area contributed by atoms with Crippen LogP contribution in [-0.4, -0.2) is 24.0 Å². The molecule has 0 saturated carbocycles. The lowest BCUT2D eigenvalue weighted by Crippen LogP contribution is -2.34. The summed E-state index contributed by atoms with van der Waals surface area (Å²) < 4.78 is 0. The van der Waals surface area contributed by atoms with E-state index in [4.69, 9.17) is 5.73 Å². The minimum absolute atomic E-state index is 0.281. The first-order valence-corrected chi connectivity index (χ1v) is 7.06. The van der Waals surface area contributed by atoms with Gasteiger partial charge in [0.1, 0.15) is 0 Å². The van der Waals surface area contributed by atoms with Gasteiger partial charge >= 0.3 is 0 Å². The van der Waals surface area contributed by atoms with Gasteiger partial charge in [-0.2, -0.15) is 0 Å². The van der Waals surface area contributed by atoms with Crippen LogP contribution < -0.4 is 5.73 Å². The van der Waals surface area contributed by atoms with Crippen LogP contribution in [0, 0.1) is 19.8 Å². The van der Waals surface area contributed by atoms with Gasteiger partial charge in [-0.05, 0) is 42.9 Å². The summed E-state index contributed by atoms with van der Waals surface area (Å²) in [5, 5.41) is 0. The molecule has 0 aromatic heterocycles. The highest BCUT2D eigenvalue weighted by Gasteiger charge is 2.34. The second-order valence-electron chi connectivity index (χ2n) is 6.09. The molecule has 2 heteroatoms. The fraction of sp³-hybridized carbons (Fsp3) is 0.625. The molecule has 1 saturated heterocycles. The Morgan fingerprint density at radius 1 is 1.28 bits per heavy atom. The predicted molar refractivity (Wildman–Crippen MR) is 77.7 cm³/mol. The number of nitrogens with two attached hydrogens (primary N) is 1. The van der Waals surface area contributed by atoms with E-state index in [-0.39, 0.29) is 6.04 Å². The molecule has 2 N–H and O–H groups in total. The molecule has 0 spiro atoms. The summed E-state index contributed by atoms with van der Waals surface area (Å²) in [4.78, 5) is 2.57. The van der Waals surface area contributed by atoms with Crippen molar-refractivity contribution in [1.82, 2.24) is 4.90 Å². The van der Waals surface area contributed by atoms with Crippen LogP contribution in [0.1, 0.15) is 43.0 Å². The van der Waals surface area contributed by atoms with Gasteiger partial charge in [0.05, 0.1) is 6.04 Å². The number of nitrogens with zero attached hydrogens (tertiary/aromatic N) is 1. The van der Waals surface area contributed by atoms with Crippen LogP contribution in [0.2, 0.25) is 0 Å². The van der Waals surface area contributed by atoms with E-state index < -0.39 is 0 Å². The van der Waals surface area contributed by atoms with Crippen molar-refractivity contribution in [3.8, 4) is 0 Å². The Morgan fingerprint density at radius 2 is 1.89 bits per heavy atom. The highest BCUT2D eigenvalue weighted by atomic mass is 15.2. The molecule has 2 unspecified atom stereocenters. The van der Waals surface area contributed by atoms with Gasteiger partial charge < -0.3 is 5.73 Å². The molecule has 0 radical (unpaired) electrons. The zero-order chi connectivity index (χ0) is 13.3. The maximum Gasteiger partial charge on any atom is 0.0505 e. The van der Waals surface area contributed by atoms with Gasteiger partial charge in [-0.3, -0.25) is 4.90 Å². The minimum Gasteiger partial charge on any atom is -0.326 e. The molecule has 18 heavy (non-hydrogen) atoms. The zero-order valence-electron chi connectivity index (χ0n) is 12.1. The molecule has 2 rings (SSSR count). The fourth-order valence-electron chi connectivity index (χ4n) is 3.25. The van der Waals surface area contributed by atoms with E-state index in [1.807, 2.05) is 0 Å². The molecule has 2 atom stereocenters. The van der Waals surface area contributed by atoms with Crippen LogP contribution in [0.3, 0.4) is 0 Å². The van der Waals surface area contributed by atoms with E-state index in [0.29, 0.717) is 12.0 Å². The number of aryl methyl sites for hydroxylation is 2. The quantitative estimate of drug-likeness (QED) is 0.888. The molecule has 0 aliphatic carbocycles. The molecule has 1 aromatic rings. The van der Waals surface area contributed by atoms with Crippen molar-refractivity contribution in [3.05, 3.63) is 34.9 Å². The Bertz CT molecular complexity index is 391. The summed E-state index contributed by atoms with van der Waals surface area (Å²) in [5.41, 5.74) is 10.6. The van der Waals surface area contributed by atoms with E-state index in [2.05, 4.69) is 50.8 Å². The van der Waals surface area contributed by atoms with E-state index in [1.54, 1.807) is 0 Å². The highest BCUT2D eigenvalue weighted by Crippen LogP contribution is 2.35. The Kier molecular flexibility index (Phi) is 4.08. The average molecular weight is 246 g/mol. The van der Waals surface area contributed by atoms with Crippen LogP contribution in [-0.2, 0) is 0 Å². The van der Waals surface area contributed by atoms with Crippen LogP contribution >= 0.6 is 0 Å². The van der Waals surface area contributed by atoms with Gasteiger partial charge in [-0.25, -0.2) is 0 Å². The summed E-state index contributed by atoms with van der Waals surface area (Å²) in [6.07, 6.45) is 1.12. The zero-order valence-corrected chi connectivity index (χ0v) is 12.1. The molecule has 1 aliphatic rings. The third-order valence-electron chi connectivity index (χ3n) is 3.99. The van der Waals surface area contributed by atoms with Crippen molar-refractivity contribution in [2.24, 2.45) is 11.7 Å². The molecule has 1 heterocycles. The normalized spacial score (nSPS) is 25.0. The predicted octanol–water partition coefficient (Wildman–Crippen LogP) is 3.03. The molecule has 1 aliphatic heterocycles. The third kappa shape index (κ3) is 2.60. The van der Waals surface area contributed by atoms with Gasteiger partial charge in [0.2, 0.25) is 0 Å². The maximum atomic E-state index is 6.37. The molecular formula is C16H26N2. The van der Waals surface area contributed by atoms with Gasteiger partial charge in [0, 0.05) is 19.1 Å². The molecule has 1 fully saturated rings. The summed E-state index contributed by atoms with van der Waals surface area (Å²) in [6.45, 7) is 11.3. The van der Waals surface area contributed by atoms with Crippen molar-refractivity contribution >= 4 is 0 Å². The number of benzene rings is 1. The van der Waals surface area contributed by atoms with Crippen molar-refractivity contribution in [2.45, 2.75) is 46.2 Å². The lowest BCUT2D eigenvalue weighted by atomic mass is 9.92. The standard InChI is InChI=1S/C16H26N2/c1-11(2)10-18-9-8-14(17)16(18)15-12(3)6-5-7-13(15)4/h5-7,11,14,16H,8-10,17H2,1-4H3. The smallest absolute Gasteiger partial charge is 0.0505 e. The van der Waals surface area contributed by atoms with E-state index in [9.17, 15) is 0 Å². The topological polar surface area (TPSA) is 29.3 Å². The van der Waals surface area contributed by atoms with Crippen molar-refractivity contribution in [2.75, 3.05) is 13.1 Å². The molecule has 1 aromatic carbocycles. The summed E-state index contributed by atoms with van der Waals surface area (Å²) in [6, 6.07) is 7.25. The van der Waals surface area contributed by atoms with E-state index >= 15 is 0 Å². The summed E-state index contributed by atoms with van der Waals surface area (Å²) in [5.74, 6) is 0.696. The van der Waals surface area contributed by atoms with Gasteiger partial charge in [0.15, 0.2) is 0 Å². The fourth-order valence-corrected chi connectivity index (χ4v) is 3.25.